The van der Waals surface area contributed by atoms with E-state index in [2.05, 4.69) is 17.3 Å². The second kappa shape index (κ2) is 7.88. The van der Waals surface area contributed by atoms with E-state index < -0.39 is 0 Å². The third-order valence-electron chi connectivity index (χ3n) is 5.06. The van der Waals surface area contributed by atoms with Crippen LogP contribution in [0.5, 0.6) is 5.75 Å². The number of phenolic OH excluding ortho intramolecular Hbond substituents is 1. The molecule has 24 heavy (non-hydrogen) atoms. The van der Waals surface area contributed by atoms with Crippen LogP contribution in [0.15, 0.2) is 24.3 Å². The predicted molar refractivity (Wildman–Crippen MR) is 94.9 cm³/mol. The molecule has 2 N–H and O–H groups in total. The fraction of sp³-hybridized carbons (Fsp3) is 0.632. The van der Waals surface area contributed by atoms with Gasteiger partial charge < -0.3 is 20.2 Å². The number of benzene rings is 1. The van der Waals surface area contributed by atoms with Gasteiger partial charge in [-0.3, -0.25) is 0 Å². The number of aromatic hydroxyl groups is 1. The van der Waals surface area contributed by atoms with Gasteiger partial charge in [-0.05, 0) is 69.3 Å². The summed E-state index contributed by atoms with van der Waals surface area (Å²) >= 11 is 0. The summed E-state index contributed by atoms with van der Waals surface area (Å²) < 4.78 is 0. The smallest absolute Gasteiger partial charge is 0.317 e. The predicted octanol–water partition coefficient (Wildman–Crippen LogP) is 2.80. The molecule has 1 heterocycles. The number of phenols is 1. The highest BCUT2D eigenvalue weighted by molar-refractivity contribution is 5.74. The molecule has 0 spiro atoms. The van der Waals surface area contributed by atoms with E-state index in [-0.39, 0.29) is 11.8 Å². The molecule has 0 bridgehead atoms. The molecule has 0 radical (unpaired) electrons. The van der Waals surface area contributed by atoms with Crippen molar-refractivity contribution in [2.45, 2.75) is 44.7 Å². The van der Waals surface area contributed by atoms with Crippen molar-refractivity contribution in [3.8, 4) is 5.75 Å². The van der Waals surface area contributed by atoms with Crippen molar-refractivity contribution < 1.29 is 9.90 Å². The van der Waals surface area contributed by atoms with Gasteiger partial charge in [-0.1, -0.05) is 12.1 Å². The minimum absolute atomic E-state index is 0.0324. The lowest BCUT2D eigenvalue weighted by Gasteiger charge is -2.30. The van der Waals surface area contributed by atoms with Gasteiger partial charge >= 0.3 is 6.03 Å². The largest absolute Gasteiger partial charge is 0.508 e. The monoisotopic (exact) mass is 331 g/mol. The van der Waals surface area contributed by atoms with Crippen molar-refractivity contribution in [2.24, 2.45) is 5.92 Å². The maximum Gasteiger partial charge on any atom is 0.317 e. The summed E-state index contributed by atoms with van der Waals surface area (Å²) in [5.41, 5.74) is 0.978. The Kier molecular flexibility index (Phi) is 5.61. The molecule has 0 unspecified atom stereocenters. The fourth-order valence-electron chi connectivity index (χ4n) is 3.60. The molecule has 5 heteroatoms. The zero-order valence-electron chi connectivity index (χ0n) is 14.6. The lowest BCUT2D eigenvalue weighted by atomic mass is 9.95. The fourth-order valence-corrected chi connectivity index (χ4v) is 3.60. The molecule has 1 aliphatic carbocycles. The zero-order chi connectivity index (χ0) is 16.9. The lowest BCUT2D eigenvalue weighted by molar-refractivity contribution is 0.184. The van der Waals surface area contributed by atoms with E-state index in [1.165, 1.54) is 19.4 Å². The van der Waals surface area contributed by atoms with Gasteiger partial charge in [0.1, 0.15) is 5.75 Å². The Morgan fingerprint density at radius 2 is 2.21 bits per heavy atom. The van der Waals surface area contributed by atoms with Gasteiger partial charge in [0, 0.05) is 25.7 Å². The van der Waals surface area contributed by atoms with Crippen molar-refractivity contribution >= 4 is 6.03 Å². The summed E-state index contributed by atoms with van der Waals surface area (Å²) in [5.74, 6) is 0.953. The number of piperidine rings is 1. The maximum absolute atomic E-state index is 12.6. The summed E-state index contributed by atoms with van der Waals surface area (Å²) in [5, 5.41) is 12.7. The first-order valence-electron chi connectivity index (χ1n) is 9.13. The Balaban J connectivity index is 1.48. The average Bonchev–Trinajstić information content (AvgIpc) is 3.37. The first-order chi connectivity index (χ1) is 11.6. The second-order valence-corrected chi connectivity index (χ2v) is 7.32. The Bertz CT molecular complexity index is 559. The van der Waals surface area contributed by atoms with E-state index >= 15 is 0 Å². The van der Waals surface area contributed by atoms with Gasteiger partial charge in [-0.2, -0.15) is 0 Å². The normalized spacial score (nSPS) is 21.5. The SMILES string of the molecule is CN1CCC[C@@H](CCNC(=O)N(Cc2cccc(O)c2)C2CC2)C1. The van der Waals surface area contributed by atoms with Crippen LogP contribution in [-0.2, 0) is 6.54 Å². The van der Waals surface area contributed by atoms with Crippen LogP contribution in [0.4, 0.5) is 4.79 Å². The molecule has 1 aromatic carbocycles. The Hall–Kier alpha value is -1.75. The number of likely N-dealkylation sites (tertiary alicyclic amines) is 1. The second-order valence-electron chi connectivity index (χ2n) is 7.32. The molecule has 1 aromatic rings. The minimum atomic E-state index is 0.0324. The number of urea groups is 1. The summed E-state index contributed by atoms with van der Waals surface area (Å²) in [4.78, 5) is 16.9. The molecule has 0 aromatic heterocycles. The van der Waals surface area contributed by atoms with E-state index in [1.54, 1.807) is 12.1 Å². The van der Waals surface area contributed by atoms with Gasteiger partial charge in [0.15, 0.2) is 0 Å². The van der Waals surface area contributed by atoms with Gasteiger partial charge in [0.05, 0.1) is 0 Å². The summed E-state index contributed by atoms with van der Waals surface area (Å²) in [6.07, 6.45) is 5.76. The van der Waals surface area contributed by atoms with Gasteiger partial charge in [0.2, 0.25) is 0 Å². The highest BCUT2D eigenvalue weighted by Crippen LogP contribution is 2.29. The van der Waals surface area contributed by atoms with Crippen LogP contribution >= 0.6 is 0 Å². The van der Waals surface area contributed by atoms with Crippen LogP contribution < -0.4 is 5.32 Å². The number of rotatable bonds is 6. The van der Waals surface area contributed by atoms with E-state index in [4.69, 9.17) is 0 Å². The van der Waals surface area contributed by atoms with Crippen LogP contribution in [0.3, 0.4) is 0 Å². The number of carbonyl (C=O) groups is 1. The minimum Gasteiger partial charge on any atom is -0.508 e. The number of hydrogen-bond donors (Lipinski definition) is 2. The number of nitrogens with one attached hydrogen (secondary N) is 1. The summed E-state index contributed by atoms with van der Waals surface area (Å²) in [6, 6.07) is 7.57. The van der Waals surface area contributed by atoms with Crippen LogP contribution in [0.25, 0.3) is 0 Å². The van der Waals surface area contributed by atoms with E-state index in [1.807, 2.05) is 17.0 Å². The summed E-state index contributed by atoms with van der Waals surface area (Å²) in [7, 11) is 2.18. The van der Waals surface area contributed by atoms with Crippen LogP contribution in [-0.4, -0.2) is 53.7 Å². The third-order valence-corrected chi connectivity index (χ3v) is 5.06. The summed E-state index contributed by atoms with van der Waals surface area (Å²) in [6.45, 7) is 3.66. The molecule has 2 amide bonds. The molecule has 5 nitrogen and oxygen atoms in total. The highest BCUT2D eigenvalue weighted by Gasteiger charge is 2.32. The Morgan fingerprint density at radius 1 is 1.38 bits per heavy atom. The van der Waals surface area contributed by atoms with Crippen molar-refractivity contribution in [3.63, 3.8) is 0 Å². The van der Waals surface area contributed by atoms with Crippen molar-refractivity contribution in [2.75, 3.05) is 26.7 Å². The maximum atomic E-state index is 12.6. The van der Waals surface area contributed by atoms with Gasteiger partial charge in [0.25, 0.3) is 0 Å². The first kappa shape index (κ1) is 17.1. The first-order valence-corrected chi connectivity index (χ1v) is 9.13. The van der Waals surface area contributed by atoms with Crippen LogP contribution in [0.1, 0.15) is 37.7 Å². The number of carbonyl (C=O) groups excluding carboxylic acids is 1. The Morgan fingerprint density at radius 3 is 2.92 bits per heavy atom. The average molecular weight is 331 g/mol. The van der Waals surface area contributed by atoms with Crippen molar-refractivity contribution in [1.29, 1.82) is 0 Å². The standard InChI is InChI=1S/C19H29N3O2/c1-21-11-3-5-15(13-21)9-10-20-19(24)22(17-7-8-17)14-16-4-2-6-18(23)12-16/h2,4,6,12,15,17,23H,3,5,7-11,13-14H2,1H3,(H,20,24)/t15-/m0/s1. The molecule has 1 saturated heterocycles. The molecular formula is C19H29N3O2. The highest BCUT2D eigenvalue weighted by atomic mass is 16.3. The van der Waals surface area contributed by atoms with E-state index in [0.29, 0.717) is 18.5 Å². The van der Waals surface area contributed by atoms with Crippen LogP contribution in [0, 0.1) is 5.92 Å². The molecule has 2 fully saturated rings. The molecule has 1 atom stereocenters. The number of nitrogens with zero attached hydrogens (tertiary/aromatic N) is 2. The third kappa shape index (κ3) is 4.87. The van der Waals surface area contributed by atoms with E-state index in [9.17, 15) is 9.90 Å². The van der Waals surface area contributed by atoms with Crippen molar-refractivity contribution in [3.05, 3.63) is 29.8 Å². The number of hydrogen-bond acceptors (Lipinski definition) is 3. The quantitative estimate of drug-likeness (QED) is 0.843. The van der Waals surface area contributed by atoms with Crippen LogP contribution in [0.2, 0.25) is 0 Å². The molecular weight excluding hydrogens is 302 g/mol. The topological polar surface area (TPSA) is 55.8 Å². The molecule has 2 aliphatic rings. The van der Waals surface area contributed by atoms with Gasteiger partial charge in [-0.25, -0.2) is 4.79 Å². The molecule has 3 rings (SSSR count). The lowest BCUT2D eigenvalue weighted by Crippen LogP contribution is -2.42. The molecule has 132 valence electrons. The Labute approximate surface area is 144 Å². The molecule has 1 aliphatic heterocycles. The molecule has 1 saturated carbocycles. The van der Waals surface area contributed by atoms with E-state index in [0.717, 1.165) is 37.9 Å². The van der Waals surface area contributed by atoms with Crippen molar-refractivity contribution in [1.82, 2.24) is 15.1 Å². The van der Waals surface area contributed by atoms with Gasteiger partial charge in [-0.15, -0.1) is 0 Å². The number of amides is 2. The zero-order valence-corrected chi connectivity index (χ0v) is 14.6.